The summed E-state index contributed by atoms with van der Waals surface area (Å²) in [4.78, 5) is 83.2. The molecule has 0 rings (SSSR count). The van der Waals surface area contributed by atoms with Crippen LogP contribution in [0.5, 0.6) is 0 Å². The largest absolute Gasteiger partial charge is 0.480 e. The highest BCUT2D eigenvalue weighted by molar-refractivity contribution is 6.75. The molecule has 0 unspecified atom stereocenters. The molecule has 0 aromatic carbocycles. The number of carbonyl (C=O) groups excluding carboxylic acids is 5. The van der Waals surface area contributed by atoms with E-state index in [9.17, 15) is 33.9 Å². The summed E-state index contributed by atoms with van der Waals surface area (Å²) in [6.07, 6.45) is -2.62. The SMILES string of the molecule is CC(C)[C@H](N)C(=O)N[C@H](C(=O)N[C@H](C(=O)N[C@H](C(=O)N[C@H](C(=O)N[C@H](C(=O)O)[C@@H](C)O[Si](C)(C)C(C)(C)C)C(C)C)[C@@H](C)O[Si](C)(C)C(C)(C)C)C(C)C)[C@@H](C)O[Si](C)(C)C(C)(C)C. The third-order valence-electron chi connectivity index (χ3n) is 13.5. The van der Waals surface area contributed by atoms with E-state index in [1.165, 1.54) is 0 Å². The zero-order valence-corrected chi connectivity index (χ0v) is 47.1. The molecule has 0 aromatic heterocycles. The number of hydrogen-bond donors (Lipinski definition) is 7. The molecule has 0 fully saturated rings. The van der Waals surface area contributed by atoms with Crippen LogP contribution < -0.4 is 32.3 Å². The normalized spacial score (nSPS) is 17.6. The van der Waals surface area contributed by atoms with Gasteiger partial charge in [-0.3, -0.25) is 24.0 Å². The molecular weight excluding hydrogens is 869 g/mol. The van der Waals surface area contributed by atoms with Gasteiger partial charge in [0, 0.05) is 0 Å². The molecule has 0 radical (unpaired) electrons. The molecule has 0 aliphatic heterocycles. The highest BCUT2D eigenvalue weighted by Crippen LogP contribution is 2.39. The van der Waals surface area contributed by atoms with Gasteiger partial charge in [-0.2, -0.15) is 0 Å². The van der Waals surface area contributed by atoms with Gasteiger partial charge in [-0.1, -0.05) is 104 Å². The van der Waals surface area contributed by atoms with Gasteiger partial charge in [0.1, 0.15) is 24.2 Å². The average Bonchev–Trinajstić information content (AvgIpc) is 3.09. The molecular formula is C45H92N6O10Si3. The Morgan fingerprint density at radius 3 is 0.859 bits per heavy atom. The standard InChI is InChI=1S/C45H92N6O10Si3/c1-25(2)31(46)37(52)49-34(28(7)59-62(19,20)43(10,11)12)40(55)47-32(26(3)4)38(53)50-35(29(8)60-63(21,22)44(13,14)15)41(56)48-33(27(5)6)39(54)51-36(42(57)58)30(9)61-64(23,24)45(16,17)18/h25-36H,46H2,1-24H3,(H,47,55)(H,48,56)(H,49,52)(H,50,53)(H,51,54)(H,57,58)/t28-,29-,30-,31+,32+,33+,34+,35+,36+/m1/s1. The molecule has 374 valence electrons. The van der Waals surface area contributed by atoms with Crippen molar-refractivity contribution in [1.29, 1.82) is 0 Å². The smallest absolute Gasteiger partial charge is 0.328 e. The van der Waals surface area contributed by atoms with E-state index in [-0.39, 0.29) is 21.0 Å². The van der Waals surface area contributed by atoms with E-state index in [0.29, 0.717) is 0 Å². The van der Waals surface area contributed by atoms with Crippen LogP contribution >= 0.6 is 0 Å². The van der Waals surface area contributed by atoms with Gasteiger partial charge in [-0.25, -0.2) is 4.79 Å². The quantitative estimate of drug-likeness (QED) is 0.0585. The van der Waals surface area contributed by atoms with Gasteiger partial charge in [0.2, 0.25) is 29.5 Å². The van der Waals surface area contributed by atoms with Crippen molar-refractivity contribution in [2.24, 2.45) is 23.5 Å². The topological polar surface area (TPSA) is 237 Å². The fourth-order valence-electron chi connectivity index (χ4n) is 5.90. The highest BCUT2D eigenvalue weighted by Gasteiger charge is 2.46. The molecule has 0 aliphatic rings. The zero-order chi connectivity index (χ0) is 51.0. The van der Waals surface area contributed by atoms with E-state index in [0.717, 1.165) is 0 Å². The molecule has 16 nitrogen and oxygen atoms in total. The van der Waals surface area contributed by atoms with Crippen molar-refractivity contribution >= 4 is 60.5 Å². The molecule has 0 aliphatic carbocycles. The number of carboxylic acid groups (broad SMARTS) is 1. The second-order valence-corrected chi connectivity index (χ2v) is 37.5. The number of aliphatic carboxylic acids is 1. The van der Waals surface area contributed by atoms with E-state index in [2.05, 4.69) is 47.4 Å². The van der Waals surface area contributed by atoms with Crippen molar-refractivity contribution in [2.45, 2.75) is 234 Å². The first kappa shape index (κ1) is 61.3. The van der Waals surface area contributed by atoms with Crippen LogP contribution in [0.1, 0.15) is 125 Å². The van der Waals surface area contributed by atoms with Gasteiger partial charge in [0.15, 0.2) is 31.0 Å². The molecule has 5 amide bonds. The Bertz CT molecular complexity index is 1600. The molecule has 0 saturated carbocycles. The van der Waals surface area contributed by atoms with Crippen LogP contribution in [0.2, 0.25) is 54.4 Å². The number of nitrogens with two attached hydrogens (primary N) is 1. The Kier molecular flexibility index (Phi) is 22.4. The average molecular weight is 962 g/mol. The van der Waals surface area contributed by atoms with Gasteiger partial charge in [0.05, 0.1) is 24.4 Å². The van der Waals surface area contributed by atoms with Gasteiger partial charge < -0.3 is 50.7 Å². The number of nitrogens with one attached hydrogen (secondary N) is 5. The molecule has 64 heavy (non-hydrogen) atoms. The Morgan fingerprint density at radius 1 is 0.406 bits per heavy atom. The summed E-state index contributed by atoms with van der Waals surface area (Å²) < 4.78 is 19.6. The van der Waals surface area contributed by atoms with Crippen LogP contribution in [0.25, 0.3) is 0 Å². The molecule has 0 saturated heterocycles. The van der Waals surface area contributed by atoms with Crippen molar-refractivity contribution in [1.82, 2.24) is 26.6 Å². The monoisotopic (exact) mass is 961 g/mol. The van der Waals surface area contributed by atoms with E-state index in [1.807, 2.05) is 80.8 Å². The zero-order valence-electron chi connectivity index (χ0n) is 44.1. The number of carbonyl (C=O) groups is 6. The molecule has 0 heterocycles. The molecule has 8 N–H and O–H groups in total. The van der Waals surface area contributed by atoms with E-state index >= 15 is 0 Å². The number of rotatable bonds is 23. The third kappa shape index (κ3) is 17.5. The Hall–Kier alpha value is -2.69. The summed E-state index contributed by atoms with van der Waals surface area (Å²) in [7, 11) is -7.49. The van der Waals surface area contributed by atoms with Crippen LogP contribution in [0, 0.1) is 17.8 Å². The molecule has 9 atom stereocenters. The summed E-state index contributed by atoms with van der Waals surface area (Å²) in [5, 5.41) is 23.4. The summed E-state index contributed by atoms with van der Waals surface area (Å²) >= 11 is 0. The maximum Gasteiger partial charge on any atom is 0.328 e. The maximum absolute atomic E-state index is 14.5. The lowest BCUT2D eigenvalue weighted by atomic mass is 9.99. The molecule has 0 bridgehead atoms. The minimum atomic E-state index is -2.58. The second-order valence-electron chi connectivity index (χ2n) is 23.3. The molecule has 0 spiro atoms. The Morgan fingerprint density at radius 2 is 0.625 bits per heavy atom. The number of hydrogen-bond acceptors (Lipinski definition) is 10. The van der Waals surface area contributed by atoms with Crippen LogP contribution in [-0.2, 0) is 42.0 Å². The van der Waals surface area contributed by atoms with Crippen molar-refractivity contribution < 1.29 is 47.2 Å². The highest BCUT2D eigenvalue weighted by atomic mass is 28.4. The fraction of sp³-hybridized carbons (Fsp3) is 0.867. The second kappa shape index (κ2) is 23.4. The first-order valence-corrected chi connectivity index (χ1v) is 31.7. The number of carboxylic acids is 1. The Labute approximate surface area is 390 Å². The van der Waals surface area contributed by atoms with Gasteiger partial charge in [-0.15, -0.1) is 0 Å². The van der Waals surface area contributed by atoms with E-state index < -0.39 is 127 Å². The first-order valence-electron chi connectivity index (χ1n) is 23.0. The molecule has 19 heteroatoms. The summed E-state index contributed by atoms with van der Waals surface area (Å²) in [6, 6.07) is -7.36. The lowest BCUT2D eigenvalue weighted by Crippen LogP contribution is -2.65. The predicted molar refractivity (Wildman–Crippen MR) is 263 cm³/mol. The maximum atomic E-state index is 14.5. The van der Waals surface area contributed by atoms with Gasteiger partial charge in [-0.05, 0) is 92.9 Å². The lowest BCUT2D eigenvalue weighted by Gasteiger charge is -2.41. The van der Waals surface area contributed by atoms with Crippen LogP contribution in [0.4, 0.5) is 0 Å². The van der Waals surface area contributed by atoms with E-state index in [4.69, 9.17) is 19.0 Å². The van der Waals surface area contributed by atoms with Gasteiger partial charge in [0.25, 0.3) is 0 Å². The molecule has 0 aromatic rings. The lowest BCUT2D eigenvalue weighted by molar-refractivity contribution is -0.145. The Balaban J connectivity index is 7.07. The van der Waals surface area contributed by atoms with Crippen LogP contribution in [0.15, 0.2) is 0 Å². The van der Waals surface area contributed by atoms with Crippen LogP contribution in [-0.4, -0.2) is 120 Å². The fourth-order valence-corrected chi connectivity index (χ4v) is 10.2. The third-order valence-corrected chi connectivity index (χ3v) is 27.2. The van der Waals surface area contributed by atoms with Crippen molar-refractivity contribution in [2.75, 3.05) is 0 Å². The first-order chi connectivity index (χ1) is 28.4. The van der Waals surface area contributed by atoms with Crippen LogP contribution in [0.3, 0.4) is 0 Å². The summed E-state index contributed by atoms with van der Waals surface area (Å²) in [6.45, 7) is 45.9. The minimum Gasteiger partial charge on any atom is -0.480 e. The minimum absolute atomic E-state index is 0.218. The van der Waals surface area contributed by atoms with Crippen molar-refractivity contribution in [3.8, 4) is 0 Å². The van der Waals surface area contributed by atoms with Gasteiger partial charge >= 0.3 is 5.97 Å². The summed E-state index contributed by atoms with van der Waals surface area (Å²) in [5.74, 6) is -5.95. The van der Waals surface area contributed by atoms with E-state index in [1.54, 1.807) is 62.3 Å². The number of amides is 5. The predicted octanol–water partition coefficient (Wildman–Crippen LogP) is 6.02. The summed E-state index contributed by atoms with van der Waals surface area (Å²) in [5.41, 5.74) is 6.20. The van der Waals surface area contributed by atoms with Crippen molar-refractivity contribution in [3.63, 3.8) is 0 Å². The van der Waals surface area contributed by atoms with Crippen molar-refractivity contribution in [3.05, 3.63) is 0 Å².